The Hall–Kier alpha value is -0.660. The van der Waals surface area contributed by atoms with E-state index >= 15 is 0 Å². The Morgan fingerprint density at radius 2 is 1.75 bits per heavy atom. The summed E-state index contributed by atoms with van der Waals surface area (Å²) in [6.45, 7) is 4.68. The molecule has 6 nitrogen and oxygen atoms in total. The van der Waals surface area contributed by atoms with Gasteiger partial charge in [-0.15, -0.1) is 0 Å². The number of hydrogen-bond donors (Lipinski definition) is 1. The van der Waals surface area contributed by atoms with Crippen LogP contribution < -0.4 is 5.32 Å². The van der Waals surface area contributed by atoms with Gasteiger partial charge >= 0.3 is 0 Å². The second kappa shape index (κ2) is 7.70. The molecule has 0 spiro atoms. The van der Waals surface area contributed by atoms with E-state index in [-0.39, 0.29) is 17.6 Å². The lowest BCUT2D eigenvalue weighted by Gasteiger charge is -2.34. The van der Waals surface area contributed by atoms with Crippen molar-refractivity contribution in [1.29, 1.82) is 0 Å². The van der Waals surface area contributed by atoms with E-state index in [1.54, 1.807) is 4.31 Å². The number of rotatable bonds is 5. The number of amides is 1. The molecule has 3 saturated heterocycles. The van der Waals surface area contributed by atoms with E-state index < -0.39 is 10.0 Å². The number of likely N-dealkylation sites (tertiary alicyclic amines) is 1. The number of unbranched alkanes of at least 4 members (excludes halogenated alkanes) is 1. The van der Waals surface area contributed by atoms with Crippen LogP contribution >= 0.6 is 0 Å². The third kappa shape index (κ3) is 4.11. The van der Waals surface area contributed by atoms with Crippen molar-refractivity contribution >= 4 is 15.9 Å². The fraction of sp³-hybridized carbons (Fsp3) is 0.941. The first-order valence-electron chi connectivity index (χ1n) is 9.52. The van der Waals surface area contributed by atoms with Gasteiger partial charge in [-0.1, -0.05) is 13.3 Å². The van der Waals surface area contributed by atoms with Crippen molar-refractivity contribution < 1.29 is 13.2 Å². The molecule has 0 aromatic carbocycles. The molecule has 0 aromatic heterocycles. The van der Waals surface area contributed by atoms with Crippen LogP contribution in [0.15, 0.2) is 0 Å². The van der Waals surface area contributed by atoms with E-state index in [2.05, 4.69) is 5.32 Å². The summed E-state index contributed by atoms with van der Waals surface area (Å²) in [6.07, 6.45) is 6.39. The molecule has 3 fully saturated rings. The maximum Gasteiger partial charge on any atom is 0.225 e. The summed E-state index contributed by atoms with van der Waals surface area (Å²) >= 11 is 0. The third-order valence-corrected chi connectivity index (χ3v) is 7.74. The highest BCUT2D eigenvalue weighted by Gasteiger charge is 2.36. The Morgan fingerprint density at radius 1 is 1.04 bits per heavy atom. The van der Waals surface area contributed by atoms with Crippen LogP contribution in [0.25, 0.3) is 0 Å². The van der Waals surface area contributed by atoms with Crippen LogP contribution in [0.5, 0.6) is 0 Å². The lowest BCUT2D eigenvalue weighted by atomic mass is 9.95. The quantitative estimate of drug-likeness (QED) is 0.802. The summed E-state index contributed by atoms with van der Waals surface area (Å²) < 4.78 is 26.1. The number of hydrogen-bond acceptors (Lipinski definition) is 4. The average molecular weight is 358 g/mol. The Balaban J connectivity index is 1.52. The highest BCUT2D eigenvalue weighted by molar-refractivity contribution is 7.89. The number of carbonyl (C=O) groups excluding carboxylic acids is 1. The van der Waals surface area contributed by atoms with Crippen LogP contribution in [0.3, 0.4) is 0 Å². The number of sulfonamides is 1. The van der Waals surface area contributed by atoms with Gasteiger partial charge in [-0.05, 0) is 38.5 Å². The van der Waals surface area contributed by atoms with Gasteiger partial charge in [-0.3, -0.25) is 4.79 Å². The van der Waals surface area contributed by atoms with Gasteiger partial charge in [-0.2, -0.15) is 0 Å². The van der Waals surface area contributed by atoms with E-state index in [1.807, 2.05) is 11.8 Å². The number of nitrogens with one attached hydrogen (secondary N) is 1. The summed E-state index contributed by atoms with van der Waals surface area (Å²) in [4.78, 5) is 14.9. The van der Waals surface area contributed by atoms with Crippen LogP contribution in [0.1, 0.15) is 51.9 Å². The van der Waals surface area contributed by atoms with Crippen molar-refractivity contribution in [2.75, 3.05) is 31.9 Å². The highest BCUT2D eigenvalue weighted by atomic mass is 32.2. The Bertz CT molecular complexity index is 543. The van der Waals surface area contributed by atoms with Crippen molar-refractivity contribution in [1.82, 2.24) is 14.5 Å². The maximum absolute atomic E-state index is 12.8. The summed E-state index contributed by atoms with van der Waals surface area (Å²) in [5.74, 6) is 0.484. The van der Waals surface area contributed by atoms with Gasteiger partial charge < -0.3 is 10.2 Å². The van der Waals surface area contributed by atoms with Gasteiger partial charge in [0.2, 0.25) is 15.9 Å². The zero-order valence-corrected chi connectivity index (χ0v) is 15.6. The molecule has 3 aliphatic rings. The first-order valence-corrected chi connectivity index (χ1v) is 11.1. The molecule has 2 bridgehead atoms. The molecule has 0 radical (unpaired) electrons. The second-order valence-electron chi connectivity index (χ2n) is 7.55. The lowest BCUT2D eigenvalue weighted by molar-refractivity contribution is -0.137. The summed E-state index contributed by atoms with van der Waals surface area (Å²) in [5, 5.41) is 3.61. The highest BCUT2D eigenvalue weighted by Crippen LogP contribution is 2.26. The molecular weight excluding hydrogens is 326 g/mol. The van der Waals surface area contributed by atoms with Crippen molar-refractivity contribution in [2.45, 2.75) is 64.0 Å². The van der Waals surface area contributed by atoms with Crippen molar-refractivity contribution in [3.8, 4) is 0 Å². The van der Waals surface area contributed by atoms with Gasteiger partial charge in [-0.25, -0.2) is 12.7 Å². The zero-order valence-electron chi connectivity index (χ0n) is 14.7. The smallest absolute Gasteiger partial charge is 0.225 e. The average Bonchev–Trinajstić information content (AvgIpc) is 2.91. The van der Waals surface area contributed by atoms with E-state index in [4.69, 9.17) is 0 Å². The minimum absolute atomic E-state index is 0.000693. The number of carbonyl (C=O) groups is 1. The number of nitrogens with zero attached hydrogens (tertiary/aromatic N) is 2. The minimum atomic E-state index is -3.13. The maximum atomic E-state index is 12.8. The Morgan fingerprint density at radius 3 is 2.46 bits per heavy atom. The summed E-state index contributed by atoms with van der Waals surface area (Å²) in [6, 6.07) is 1.04. The van der Waals surface area contributed by atoms with Crippen molar-refractivity contribution in [3.63, 3.8) is 0 Å². The summed E-state index contributed by atoms with van der Waals surface area (Å²) in [5.41, 5.74) is 0. The fourth-order valence-corrected chi connectivity index (χ4v) is 5.92. The van der Waals surface area contributed by atoms with Crippen LogP contribution in [-0.2, 0) is 14.8 Å². The monoisotopic (exact) mass is 357 g/mol. The molecule has 0 aromatic rings. The molecule has 1 amide bonds. The summed E-state index contributed by atoms with van der Waals surface area (Å²) in [7, 11) is -3.13. The zero-order chi connectivity index (χ0) is 17.2. The van der Waals surface area contributed by atoms with E-state index in [1.165, 1.54) is 12.8 Å². The first kappa shape index (κ1) is 18.1. The van der Waals surface area contributed by atoms with Crippen LogP contribution in [0, 0.1) is 5.92 Å². The second-order valence-corrected chi connectivity index (χ2v) is 9.64. The van der Waals surface area contributed by atoms with Crippen molar-refractivity contribution in [2.24, 2.45) is 5.92 Å². The van der Waals surface area contributed by atoms with Gasteiger partial charge in [0.1, 0.15) is 0 Å². The minimum Gasteiger partial charge on any atom is -0.341 e. The predicted molar refractivity (Wildman–Crippen MR) is 94.1 cm³/mol. The third-order valence-electron chi connectivity index (χ3n) is 5.79. The molecule has 2 unspecified atom stereocenters. The van der Waals surface area contributed by atoms with Gasteiger partial charge in [0.25, 0.3) is 0 Å². The molecule has 0 aliphatic carbocycles. The molecule has 7 heteroatoms. The van der Waals surface area contributed by atoms with Crippen LogP contribution in [0.2, 0.25) is 0 Å². The number of piperidine rings is 1. The lowest BCUT2D eigenvalue weighted by Crippen LogP contribution is -2.46. The van der Waals surface area contributed by atoms with E-state index in [0.29, 0.717) is 44.4 Å². The molecular formula is C17H31N3O3S. The van der Waals surface area contributed by atoms with Crippen molar-refractivity contribution in [3.05, 3.63) is 0 Å². The SMILES string of the molecule is CCCCS(=O)(=O)N1CCC(C(=O)N2CCC3CCC(C2)N3)CC1. The standard InChI is InChI=1S/C17H31N3O3S/c1-2-3-12-24(22,23)20-10-6-14(7-11-20)17(21)19-9-8-15-4-5-16(13-19)18-15/h14-16,18H,2-13H2,1H3. The predicted octanol–water partition coefficient (Wildman–Crippen LogP) is 1.18. The molecule has 3 aliphatic heterocycles. The van der Waals surface area contributed by atoms with Gasteiger partial charge in [0, 0.05) is 44.2 Å². The molecule has 24 heavy (non-hydrogen) atoms. The first-order chi connectivity index (χ1) is 11.5. The molecule has 1 N–H and O–H groups in total. The molecule has 3 heterocycles. The van der Waals surface area contributed by atoms with E-state index in [0.717, 1.165) is 25.9 Å². The normalized spacial score (nSPS) is 29.6. The van der Waals surface area contributed by atoms with E-state index in [9.17, 15) is 13.2 Å². The molecule has 138 valence electrons. The molecule has 2 atom stereocenters. The van der Waals surface area contributed by atoms with Crippen LogP contribution in [0.4, 0.5) is 0 Å². The molecule has 0 saturated carbocycles. The van der Waals surface area contributed by atoms with Gasteiger partial charge in [0.15, 0.2) is 0 Å². The fourth-order valence-electron chi connectivity index (χ4n) is 4.24. The van der Waals surface area contributed by atoms with Crippen LogP contribution in [-0.4, -0.2) is 67.5 Å². The Kier molecular flexibility index (Phi) is 5.82. The van der Waals surface area contributed by atoms with Gasteiger partial charge in [0.05, 0.1) is 5.75 Å². The Labute approximate surface area is 146 Å². The topological polar surface area (TPSA) is 69.7 Å². The largest absolute Gasteiger partial charge is 0.341 e. The number of fused-ring (bicyclic) bond motifs is 2. The molecule has 3 rings (SSSR count).